The molecule has 2 bridgehead atoms. The van der Waals surface area contributed by atoms with E-state index in [4.69, 9.17) is 16.3 Å². The summed E-state index contributed by atoms with van der Waals surface area (Å²) < 4.78 is 5.72. The van der Waals surface area contributed by atoms with E-state index in [2.05, 4.69) is 21.2 Å². The van der Waals surface area contributed by atoms with E-state index in [0.717, 1.165) is 19.3 Å². The molecule has 0 aromatic heterocycles. The SMILES string of the molecule is Cc1c(NC(=O)COC(=O)CCN2C(=O)[C@@H]3[C@H]4CC[C@@H](C4)[C@@H]3C2=O)ccc(Br)c1Cl. The zero-order valence-electron chi connectivity index (χ0n) is 16.5. The lowest BCUT2D eigenvalue weighted by molar-refractivity contribution is -0.149. The van der Waals surface area contributed by atoms with E-state index in [-0.39, 0.29) is 36.6 Å². The Morgan fingerprint density at radius 3 is 2.47 bits per heavy atom. The Morgan fingerprint density at radius 2 is 1.83 bits per heavy atom. The number of carbonyl (C=O) groups excluding carboxylic acids is 4. The first-order valence-electron chi connectivity index (χ1n) is 10.0. The van der Waals surface area contributed by atoms with Gasteiger partial charge in [0.15, 0.2) is 6.61 Å². The standard InChI is InChI=1S/C21H22BrClN2O5/c1-10-14(5-4-13(22)19(10)23)24-15(26)9-30-16(27)6-7-25-20(28)17-11-2-3-12(8-11)18(17)21(25)29/h4-5,11-12,17-18H,2-3,6-9H2,1H3,(H,24,26)/t11-,12-,17-,18+/m0/s1. The Balaban J connectivity index is 1.25. The molecule has 3 aliphatic rings. The van der Waals surface area contributed by atoms with Crippen LogP contribution in [-0.2, 0) is 23.9 Å². The number of likely N-dealkylation sites (tertiary alicyclic amines) is 1. The van der Waals surface area contributed by atoms with Crippen molar-refractivity contribution in [2.75, 3.05) is 18.5 Å². The number of rotatable bonds is 6. The Hall–Kier alpha value is -1.93. The van der Waals surface area contributed by atoms with Crippen molar-refractivity contribution in [3.63, 3.8) is 0 Å². The van der Waals surface area contributed by atoms with E-state index in [1.165, 1.54) is 4.90 Å². The molecule has 4 atom stereocenters. The zero-order chi connectivity index (χ0) is 21.6. The first-order chi connectivity index (χ1) is 14.3. The van der Waals surface area contributed by atoms with Crippen LogP contribution in [-0.4, -0.2) is 41.7 Å². The second-order valence-corrected chi connectivity index (χ2v) is 9.44. The molecule has 3 amide bonds. The molecule has 160 valence electrons. The predicted molar refractivity (Wildman–Crippen MR) is 113 cm³/mol. The van der Waals surface area contributed by atoms with Gasteiger partial charge in [0.25, 0.3) is 5.91 Å². The third kappa shape index (κ3) is 3.75. The number of nitrogens with one attached hydrogen (secondary N) is 1. The summed E-state index contributed by atoms with van der Waals surface area (Å²) in [6.07, 6.45) is 2.88. The van der Waals surface area contributed by atoms with Crippen LogP contribution < -0.4 is 5.32 Å². The lowest BCUT2D eigenvalue weighted by Gasteiger charge is -2.19. The monoisotopic (exact) mass is 496 g/mol. The molecule has 1 heterocycles. The maximum absolute atomic E-state index is 12.6. The van der Waals surface area contributed by atoms with Gasteiger partial charge in [0.1, 0.15) is 0 Å². The molecule has 1 N–H and O–H groups in total. The summed E-state index contributed by atoms with van der Waals surface area (Å²) in [5, 5.41) is 3.14. The lowest BCUT2D eigenvalue weighted by atomic mass is 9.81. The van der Waals surface area contributed by atoms with Crippen LogP contribution in [0.2, 0.25) is 5.02 Å². The van der Waals surface area contributed by atoms with Gasteiger partial charge in [-0.05, 0) is 71.6 Å². The summed E-state index contributed by atoms with van der Waals surface area (Å²) in [6.45, 7) is 1.32. The summed E-state index contributed by atoms with van der Waals surface area (Å²) in [5.41, 5.74) is 1.22. The van der Waals surface area contributed by atoms with Crippen molar-refractivity contribution >= 4 is 56.9 Å². The van der Waals surface area contributed by atoms with Crippen LogP contribution >= 0.6 is 27.5 Å². The average Bonchev–Trinajstić information content (AvgIpc) is 3.40. The van der Waals surface area contributed by atoms with Crippen molar-refractivity contribution in [3.8, 4) is 0 Å². The molecule has 0 unspecified atom stereocenters. The minimum Gasteiger partial charge on any atom is -0.456 e. The molecular formula is C21H22BrClN2O5. The number of amides is 3. The van der Waals surface area contributed by atoms with Gasteiger partial charge in [0.2, 0.25) is 11.8 Å². The molecule has 4 rings (SSSR count). The van der Waals surface area contributed by atoms with Crippen LogP contribution in [0.4, 0.5) is 5.69 Å². The number of carbonyl (C=O) groups is 4. The first kappa shape index (κ1) is 21.3. The highest BCUT2D eigenvalue weighted by Gasteiger charge is 2.60. The number of halogens is 2. The fourth-order valence-electron chi connectivity index (χ4n) is 5.09. The van der Waals surface area contributed by atoms with Gasteiger partial charge < -0.3 is 10.1 Å². The number of nitrogens with zero attached hydrogens (tertiary/aromatic N) is 1. The van der Waals surface area contributed by atoms with Crippen LogP contribution in [0.15, 0.2) is 16.6 Å². The number of benzene rings is 1. The van der Waals surface area contributed by atoms with Gasteiger partial charge in [0, 0.05) is 16.7 Å². The normalized spacial score (nSPS) is 26.8. The minimum atomic E-state index is -0.628. The largest absolute Gasteiger partial charge is 0.456 e. The molecule has 1 aromatic rings. The molecular weight excluding hydrogens is 476 g/mol. The van der Waals surface area contributed by atoms with Crippen LogP contribution in [0.3, 0.4) is 0 Å². The summed E-state index contributed by atoms with van der Waals surface area (Å²) in [7, 11) is 0. The Kier molecular flexibility index (Phi) is 5.90. The smallest absolute Gasteiger partial charge is 0.308 e. The molecule has 30 heavy (non-hydrogen) atoms. The second-order valence-electron chi connectivity index (χ2n) is 8.21. The van der Waals surface area contributed by atoms with Crippen molar-refractivity contribution < 1.29 is 23.9 Å². The Bertz CT molecular complexity index is 908. The van der Waals surface area contributed by atoms with Gasteiger partial charge in [-0.2, -0.15) is 0 Å². The molecule has 0 radical (unpaired) electrons. The van der Waals surface area contributed by atoms with E-state index < -0.39 is 18.5 Å². The highest BCUT2D eigenvalue weighted by atomic mass is 79.9. The second kappa shape index (κ2) is 8.30. The lowest BCUT2D eigenvalue weighted by Crippen LogP contribution is -2.35. The molecule has 7 nitrogen and oxygen atoms in total. The molecule has 1 aromatic carbocycles. The van der Waals surface area contributed by atoms with Gasteiger partial charge >= 0.3 is 5.97 Å². The average molecular weight is 498 g/mol. The molecule has 3 fully saturated rings. The van der Waals surface area contributed by atoms with Crippen molar-refractivity contribution in [2.24, 2.45) is 23.7 Å². The number of esters is 1. The maximum Gasteiger partial charge on any atom is 0.308 e. The van der Waals surface area contributed by atoms with Crippen LogP contribution in [0, 0.1) is 30.6 Å². The van der Waals surface area contributed by atoms with Crippen molar-refractivity contribution in [2.45, 2.75) is 32.6 Å². The van der Waals surface area contributed by atoms with E-state index in [1.54, 1.807) is 19.1 Å². The molecule has 1 aliphatic heterocycles. The summed E-state index contributed by atoms with van der Waals surface area (Å²) >= 11 is 9.44. The number of fused-ring (bicyclic) bond motifs is 5. The first-order valence-corrected chi connectivity index (χ1v) is 11.2. The minimum absolute atomic E-state index is 0.00594. The van der Waals surface area contributed by atoms with Gasteiger partial charge in [-0.1, -0.05) is 11.6 Å². The number of imide groups is 1. The Labute approximate surface area is 187 Å². The van der Waals surface area contributed by atoms with E-state index in [1.807, 2.05) is 0 Å². The van der Waals surface area contributed by atoms with E-state index >= 15 is 0 Å². The molecule has 2 aliphatic carbocycles. The summed E-state index contributed by atoms with van der Waals surface area (Å²) in [5.74, 6) is -1.19. The number of anilines is 1. The van der Waals surface area contributed by atoms with E-state index in [9.17, 15) is 19.2 Å². The van der Waals surface area contributed by atoms with Crippen LogP contribution in [0.5, 0.6) is 0 Å². The summed E-state index contributed by atoms with van der Waals surface area (Å²) in [6, 6.07) is 3.40. The van der Waals surface area contributed by atoms with Gasteiger partial charge in [-0.15, -0.1) is 0 Å². The van der Waals surface area contributed by atoms with Gasteiger partial charge in [-0.3, -0.25) is 24.1 Å². The van der Waals surface area contributed by atoms with Crippen LogP contribution in [0.25, 0.3) is 0 Å². The number of ether oxygens (including phenoxy) is 1. The molecule has 9 heteroatoms. The zero-order valence-corrected chi connectivity index (χ0v) is 18.8. The van der Waals surface area contributed by atoms with Crippen molar-refractivity contribution in [1.29, 1.82) is 0 Å². The van der Waals surface area contributed by atoms with Crippen LogP contribution in [0.1, 0.15) is 31.2 Å². The summed E-state index contributed by atoms with van der Waals surface area (Å²) in [4.78, 5) is 50.6. The quantitative estimate of drug-likeness (QED) is 0.481. The molecule has 0 spiro atoms. The third-order valence-corrected chi connectivity index (χ3v) is 7.91. The molecule has 2 saturated carbocycles. The predicted octanol–water partition coefficient (Wildman–Crippen LogP) is 3.31. The van der Waals surface area contributed by atoms with Gasteiger partial charge in [0.05, 0.1) is 23.3 Å². The number of hydrogen-bond donors (Lipinski definition) is 1. The highest BCUT2D eigenvalue weighted by Crippen LogP contribution is 2.56. The molecule has 1 saturated heterocycles. The van der Waals surface area contributed by atoms with Crippen molar-refractivity contribution in [1.82, 2.24) is 4.90 Å². The topological polar surface area (TPSA) is 92.8 Å². The highest BCUT2D eigenvalue weighted by molar-refractivity contribution is 9.10. The fraction of sp³-hybridized carbons (Fsp3) is 0.524. The van der Waals surface area contributed by atoms with Crippen molar-refractivity contribution in [3.05, 3.63) is 27.2 Å². The van der Waals surface area contributed by atoms with E-state index in [0.29, 0.717) is 32.6 Å². The fourth-order valence-corrected chi connectivity index (χ4v) is 5.68. The van der Waals surface area contributed by atoms with Gasteiger partial charge in [-0.25, -0.2) is 0 Å². The number of hydrogen-bond acceptors (Lipinski definition) is 5. The maximum atomic E-state index is 12.6. The third-order valence-electron chi connectivity index (χ3n) is 6.54. The Morgan fingerprint density at radius 1 is 1.20 bits per heavy atom.